The molecule has 0 saturated carbocycles. The summed E-state index contributed by atoms with van der Waals surface area (Å²) >= 11 is 6.00. The monoisotopic (exact) mass is 534 g/mol. The summed E-state index contributed by atoms with van der Waals surface area (Å²) in [6.45, 7) is 8.65. The molecular formula is C28H39ClN2O6. The number of amides is 1. The molecule has 4 rings (SSSR count). The average Bonchev–Trinajstić information content (AvgIpc) is 2.85. The summed E-state index contributed by atoms with van der Waals surface area (Å²) in [5.41, 5.74) is -0.457. The van der Waals surface area contributed by atoms with Crippen molar-refractivity contribution in [3.63, 3.8) is 0 Å². The largest absolute Gasteiger partial charge is 0.465 e. The van der Waals surface area contributed by atoms with Crippen LogP contribution in [-0.4, -0.2) is 72.3 Å². The third-order valence-corrected chi connectivity index (χ3v) is 7.99. The second-order valence-corrected chi connectivity index (χ2v) is 11.9. The lowest BCUT2D eigenvalue weighted by molar-refractivity contribution is -0.134. The Bertz CT molecular complexity index is 1010. The van der Waals surface area contributed by atoms with Gasteiger partial charge in [-0.3, -0.25) is 9.69 Å². The fourth-order valence-corrected chi connectivity index (χ4v) is 6.56. The number of rotatable bonds is 6. The number of nitrogens with zero attached hydrogens (tertiary/aromatic N) is 2. The first-order valence-corrected chi connectivity index (χ1v) is 13.8. The molecule has 8 nitrogen and oxygen atoms in total. The molecule has 3 fully saturated rings. The number of piperidine rings is 3. The lowest BCUT2D eigenvalue weighted by atomic mass is 9.69. The Morgan fingerprint density at radius 1 is 1.11 bits per heavy atom. The van der Waals surface area contributed by atoms with E-state index in [9.17, 15) is 14.4 Å². The molecule has 1 aromatic carbocycles. The molecular weight excluding hydrogens is 496 g/mol. The van der Waals surface area contributed by atoms with Crippen LogP contribution in [-0.2, 0) is 14.3 Å². The van der Waals surface area contributed by atoms with Crippen molar-refractivity contribution < 1.29 is 28.6 Å². The minimum Gasteiger partial charge on any atom is -0.465 e. The number of hydrogen-bond acceptors (Lipinski definition) is 7. The normalized spacial score (nSPS) is 25.7. The fraction of sp³-hybridized carbons (Fsp3) is 0.679. The zero-order valence-corrected chi connectivity index (χ0v) is 23.1. The van der Waals surface area contributed by atoms with Crippen LogP contribution < -0.4 is 4.74 Å². The molecule has 0 bridgehead atoms. The SMILES string of the molecule is COC(=O)c1cc(Cl)ccc1OC(=O)CCCC1C2CCCN3CCCC(CN1C(=O)OC(C)(C)C)C23. The lowest BCUT2D eigenvalue weighted by Gasteiger charge is -2.57. The average molecular weight is 535 g/mol. The van der Waals surface area contributed by atoms with Crippen LogP contribution in [0.3, 0.4) is 0 Å². The molecule has 1 amide bonds. The van der Waals surface area contributed by atoms with Crippen LogP contribution in [0.15, 0.2) is 18.2 Å². The van der Waals surface area contributed by atoms with E-state index < -0.39 is 17.5 Å². The number of halogens is 1. The van der Waals surface area contributed by atoms with Gasteiger partial charge in [-0.25, -0.2) is 9.59 Å². The smallest absolute Gasteiger partial charge is 0.410 e. The molecule has 1 aromatic rings. The van der Waals surface area contributed by atoms with Crippen LogP contribution in [0.4, 0.5) is 4.79 Å². The van der Waals surface area contributed by atoms with Crippen molar-refractivity contribution in [1.29, 1.82) is 0 Å². The summed E-state index contributed by atoms with van der Waals surface area (Å²) in [4.78, 5) is 42.7. The first-order chi connectivity index (χ1) is 17.6. The van der Waals surface area contributed by atoms with Gasteiger partial charge in [0.05, 0.1) is 7.11 Å². The number of hydrogen-bond donors (Lipinski definition) is 0. The van der Waals surface area contributed by atoms with Gasteiger partial charge in [0.25, 0.3) is 0 Å². The summed E-state index contributed by atoms with van der Waals surface area (Å²) in [5, 5.41) is 0.349. The van der Waals surface area contributed by atoms with Gasteiger partial charge in [0.2, 0.25) is 0 Å². The Morgan fingerprint density at radius 3 is 2.54 bits per heavy atom. The van der Waals surface area contributed by atoms with E-state index in [-0.39, 0.29) is 29.9 Å². The van der Waals surface area contributed by atoms with E-state index in [4.69, 9.17) is 25.8 Å². The molecule has 9 heteroatoms. The number of esters is 2. The van der Waals surface area contributed by atoms with Crippen LogP contribution >= 0.6 is 11.6 Å². The van der Waals surface area contributed by atoms with E-state index in [1.54, 1.807) is 6.07 Å². The third-order valence-electron chi connectivity index (χ3n) is 7.75. The van der Waals surface area contributed by atoms with Crippen LogP contribution in [0.1, 0.15) is 76.1 Å². The first-order valence-electron chi connectivity index (χ1n) is 13.4. The second kappa shape index (κ2) is 11.6. The maximum atomic E-state index is 13.3. The Kier molecular flexibility index (Phi) is 8.69. The number of carbonyl (C=O) groups is 3. The molecule has 0 N–H and O–H groups in total. The van der Waals surface area contributed by atoms with Gasteiger partial charge in [0.15, 0.2) is 0 Å². The highest BCUT2D eigenvalue weighted by molar-refractivity contribution is 6.31. The number of ether oxygens (including phenoxy) is 3. The summed E-state index contributed by atoms with van der Waals surface area (Å²) in [6, 6.07) is 5.00. The van der Waals surface area contributed by atoms with Gasteiger partial charge in [-0.15, -0.1) is 0 Å². The van der Waals surface area contributed by atoms with Crippen molar-refractivity contribution in [2.45, 2.75) is 83.4 Å². The molecule has 204 valence electrons. The maximum Gasteiger partial charge on any atom is 0.410 e. The molecule has 4 atom stereocenters. The van der Waals surface area contributed by atoms with Gasteiger partial charge in [0.1, 0.15) is 16.9 Å². The molecule has 4 unspecified atom stereocenters. The van der Waals surface area contributed by atoms with Gasteiger partial charge in [-0.2, -0.15) is 0 Å². The standard InChI is InChI=1S/C28H39ClN2O6/c1-28(2,3)37-27(34)31-17-18-8-6-14-30-15-7-9-20(25(18)30)22(31)10-5-11-24(32)36-23-13-12-19(29)16-21(23)26(33)35-4/h12-13,16,18,20,22,25H,5-11,14-15,17H2,1-4H3. The van der Waals surface area contributed by atoms with Crippen LogP contribution in [0.2, 0.25) is 5.02 Å². The van der Waals surface area contributed by atoms with Gasteiger partial charge >= 0.3 is 18.0 Å². The van der Waals surface area contributed by atoms with E-state index in [1.807, 2.05) is 25.7 Å². The van der Waals surface area contributed by atoms with E-state index in [0.29, 0.717) is 42.3 Å². The number of likely N-dealkylation sites (tertiary alicyclic amines) is 1. The van der Waals surface area contributed by atoms with Crippen molar-refractivity contribution in [3.05, 3.63) is 28.8 Å². The molecule has 3 heterocycles. The van der Waals surface area contributed by atoms with Crippen molar-refractivity contribution >= 4 is 29.6 Å². The Balaban J connectivity index is 1.44. The fourth-order valence-electron chi connectivity index (χ4n) is 6.39. The van der Waals surface area contributed by atoms with Crippen LogP contribution in [0.5, 0.6) is 5.75 Å². The van der Waals surface area contributed by atoms with E-state index >= 15 is 0 Å². The summed E-state index contributed by atoms with van der Waals surface area (Å²) < 4.78 is 16.1. The van der Waals surface area contributed by atoms with Gasteiger partial charge in [-0.05, 0) is 102 Å². The quantitative estimate of drug-likeness (QED) is 0.361. The van der Waals surface area contributed by atoms with E-state index in [0.717, 1.165) is 32.4 Å². The van der Waals surface area contributed by atoms with E-state index in [2.05, 4.69) is 4.90 Å². The summed E-state index contributed by atoms with van der Waals surface area (Å²) in [7, 11) is 1.26. The van der Waals surface area contributed by atoms with E-state index in [1.165, 1.54) is 25.7 Å². The Labute approximate surface area is 224 Å². The topological polar surface area (TPSA) is 85.4 Å². The number of methoxy groups -OCH3 is 1. The molecule has 0 aliphatic carbocycles. The molecule has 3 aliphatic heterocycles. The van der Waals surface area contributed by atoms with Gasteiger partial charge < -0.3 is 19.1 Å². The summed E-state index contributed by atoms with van der Waals surface area (Å²) in [6.07, 6.45) is 5.70. The third kappa shape index (κ3) is 6.58. The zero-order chi connectivity index (χ0) is 26.7. The Morgan fingerprint density at radius 2 is 1.84 bits per heavy atom. The first kappa shape index (κ1) is 27.7. The highest BCUT2D eigenvalue weighted by Gasteiger charge is 2.50. The molecule has 3 aliphatic rings. The van der Waals surface area contributed by atoms with Crippen LogP contribution in [0.25, 0.3) is 0 Å². The highest BCUT2D eigenvalue weighted by atomic mass is 35.5. The minimum absolute atomic E-state index is 0.0194. The number of carbonyl (C=O) groups excluding carboxylic acids is 3. The predicted molar refractivity (Wildman–Crippen MR) is 140 cm³/mol. The van der Waals surface area contributed by atoms with Crippen molar-refractivity contribution in [3.8, 4) is 5.75 Å². The predicted octanol–water partition coefficient (Wildman–Crippen LogP) is 5.31. The Hall–Kier alpha value is -2.32. The highest BCUT2D eigenvalue weighted by Crippen LogP contribution is 2.43. The molecule has 0 aromatic heterocycles. The van der Waals surface area contributed by atoms with Gasteiger partial charge in [-0.1, -0.05) is 11.6 Å². The maximum absolute atomic E-state index is 13.3. The minimum atomic E-state index is -0.621. The molecule has 0 spiro atoms. The van der Waals surface area contributed by atoms with Crippen LogP contribution in [0, 0.1) is 11.8 Å². The van der Waals surface area contributed by atoms with Crippen molar-refractivity contribution in [2.24, 2.45) is 11.8 Å². The molecule has 37 heavy (non-hydrogen) atoms. The van der Waals surface area contributed by atoms with Crippen molar-refractivity contribution in [2.75, 3.05) is 26.7 Å². The summed E-state index contributed by atoms with van der Waals surface area (Å²) in [5.74, 6) is -0.0902. The molecule has 0 radical (unpaired) electrons. The molecule has 3 saturated heterocycles. The zero-order valence-electron chi connectivity index (χ0n) is 22.3. The lowest BCUT2D eigenvalue weighted by Crippen LogP contribution is -2.65. The number of benzene rings is 1. The van der Waals surface area contributed by atoms with Crippen molar-refractivity contribution in [1.82, 2.24) is 9.80 Å². The second-order valence-electron chi connectivity index (χ2n) is 11.4. The van der Waals surface area contributed by atoms with Gasteiger partial charge in [0, 0.05) is 30.1 Å².